The minimum atomic E-state index is -0.105. The van der Waals surface area contributed by atoms with Gasteiger partial charge in [0.1, 0.15) is 0 Å². The van der Waals surface area contributed by atoms with Crippen molar-refractivity contribution in [1.29, 1.82) is 0 Å². The first kappa shape index (κ1) is 10.7. The zero-order valence-electron chi connectivity index (χ0n) is 8.45. The zero-order chi connectivity index (χ0) is 10.6. The number of carbonyl (C=O) groups excluding carboxylic acids is 2. The second kappa shape index (κ2) is 4.74. The summed E-state index contributed by atoms with van der Waals surface area (Å²) in [5.74, 6) is -0.0419. The van der Waals surface area contributed by atoms with E-state index in [4.69, 9.17) is 0 Å². The van der Waals surface area contributed by atoms with E-state index in [1.165, 1.54) is 11.8 Å². The Morgan fingerprint density at radius 3 is 2.93 bits per heavy atom. The molecule has 3 nitrogen and oxygen atoms in total. The number of rotatable bonds is 3. The summed E-state index contributed by atoms with van der Waals surface area (Å²) in [6.07, 6.45) is 5.79. The average Bonchev–Trinajstić information content (AvgIpc) is 2.15. The molecule has 0 unspecified atom stereocenters. The lowest BCUT2D eigenvalue weighted by molar-refractivity contribution is -0.130. The van der Waals surface area contributed by atoms with Gasteiger partial charge in [0.15, 0.2) is 5.78 Å². The lowest BCUT2D eigenvalue weighted by Gasteiger charge is -2.23. The molecule has 0 fully saturated rings. The lowest BCUT2D eigenvalue weighted by atomic mass is 10.0. The highest BCUT2D eigenvalue weighted by Crippen LogP contribution is 2.17. The summed E-state index contributed by atoms with van der Waals surface area (Å²) >= 11 is 0. The number of ketones is 1. The first-order valence-electron chi connectivity index (χ1n) is 4.79. The van der Waals surface area contributed by atoms with Gasteiger partial charge < -0.3 is 4.90 Å². The molecule has 0 saturated heterocycles. The van der Waals surface area contributed by atoms with Gasteiger partial charge in [-0.05, 0) is 12.8 Å². The van der Waals surface area contributed by atoms with Crippen LogP contribution >= 0.6 is 0 Å². The molecule has 0 aromatic carbocycles. The number of carbonyl (C=O) groups is 2. The maximum atomic E-state index is 11.5. The maximum absolute atomic E-state index is 11.5. The van der Waals surface area contributed by atoms with Crippen LogP contribution in [0.15, 0.2) is 24.4 Å². The van der Waals surface area contributed by atoms with E-state index in [9.17, 15) is 9.59 Å². The first-order valence-corrected chi connectivity index (χ1v) is 4.79. The predicted octanol–water partition coefficient (Wildman–Crippen LogP) is 1.66. The minimum absolute atomic E-state index is 0.0632. The summed E-state index contributed by atoms with van der Waals surface area (Å²) in [6.45, 7) is 5.44. The standard InChI is InChI=1S/C11H15NO2/c1-3-8-12(9(2)13)10-6-4-5-7-11(10)14/h3,6H,1,4-5,7-8H2,2H3. The highest BCUT2D eigenvalue weighted by atomic mass is 16.2. The van der Waals surface area contributed by atoms with Crippen LogP contribution in [0.25, 0.3) is 0 Å². The van der Waals surface area contributed by atoms with Crippen molar-refractivity contribution in [2.75, 3.05) is 6.54 Å². The molecule has 0 N–H and O–H groups in total. The fourth-order valence-electron chi connectivity index (χ4n) is 1.53. The number of amides is 1. The summed E-state index contributed by atoms with van der Waals surface area (Å²) in [7, 11) is 0. The second-order valence-electron chi connectivity index (χ2n) is 3.32. The highest BCUT2D eigenvalue weighted by Gasteiger charge is 2.21. The molecule has 0 atom stereocenters. The molecule has 0 radical (unpaired) electrons. The summed E-state index contributed by atoms with van der Waals surface area (Å²) < 4.78 is 0. The van der Waals surface area contributed by atoms with E-state index in [1.54, 1.807) is 6.08 Å². The molecular formula is C11H15NO2. The van der Waals surface area contributed by atoms with Crippen LogP contribution in [0.4, 0.5) is 0 Å². The number of hydrogen-bond acceptors (Lipinski definition) is 2. The summed E-state index contributed by atoms with van der Waals surface area (Å²) in [5, 5.41) is 0. The molecule has 1 amide bonds. The Morgan fingerprint density at radius 1 is 1.71 bits per heavy atom. The third kappa shape index (κ3) is 2.31. The van der Waals surface area contributed by atoms with Crippen molar-refractivity contribution in [3.63, 3.8) is 0 Å². The molecule has 14 heavy (non-hydrogen) atoms. The minimum Gasteiger partial charge on any atom is -0.306 e. The van der Waals surface area contributed by atoms with E-state index in [0.717, 1.165) is 12.8 Å². The Kier molecular flexibility index (Phi) is 3.63. The van der Waals surface area contributed by atoms with Gasteiger partial charge in [0.25, 0.3) is 0 Å². The SMILES string of the molecule is C=CCN(C(C)=O)C1=CCCCC1=O. The predicted molar refractivity (Wildman–Crippen MR) is 54.5 cm³/mol. The quantitative estimate of drug-likeness (QED) is 0.639. The van der Waals surface area contributed by atoms with Crippen molar-refractivity contribution in [3.8, 4) is 0 Å². The average molecular weight is 193 g/mol. The van der Waals surface area contributed by atoms with Crippen molar-refractivity contribution >= 4 is 11.7 Å². The van der Waals surface area contributed by atoms with Crippen molar-refractivity contribution in [2.24, 2.45) is 0 Å². The first-order chi connectivity index (χ1) is 6.66. The Hall–Kier alpha value is -1.38. The van der Waals surface area contributed by atoms with Crippen LogP contribution < -0.4 is 0 Å². The molecule has 0 aliphatic heterocycles. The fraction of sp³-hybridized carbons (Fsp3) is 0.455. The van der Waals surface area contributed by atoms with Crippen LogP contribution in [0.3, 0.4) is 0 Å². The van der Waals surface area contributed by atoms with E-state index in [-0.39, 0.29) is 11.7 Å². The van der Waals surface area contributed by atoms with Gasteiger partial charge in [0, 0.05) is 19.9 Å². The van der Waals surface area contributed by atoms with E-state index in [1.807, 2.05) is 6.08 Å². The van der Waals surface area contributed by atoms with Crippen molar-refractivity contribution in [1.82, 2.24) is 4.90 Å². The van der Waals surface area contributed by atoms with Gasteiger partial charge in [-0.15, -0.1) is 6.58 Å². The Balaban J connectivity index is 2.85. The molecule has 0 spiro atoms. The zero-order valence-corrected chi connectivity index (χ0v) is 8.45. The van der Waals surface area contributed by atoms with Gasteiger partial charge in [-0.1, -0.05) is 12.2 Å². The lowest BCUT2D eigenvalue weighted by Crippen LogP contribution is -2.33. The molecule has 1 rings (SSSR count). The molecule has 0 heterocycles. The van der Waals surface area contributed by atoms with Crippen molar-refractivity contribution < 1.29 is 9.59 Å². The molecule has 0 aromatic rings. The van der Waals surface area contributed by atoms with Gasteiger partial charge in [0.2, 0.25) is 5.91 Å². The van der Waals surface area contributed by atoms with Crippen LogP contribution in [0.1, 0.15) is 26.2 Å². The number of Topliss-reactive ketones (excluding diaryl/α,β-unsaturated/α-hetero) is 1. The summed E-state index contributed by atoms with van der Waals surface area (Å²) in [5.41, 5.74) is 0.545. The molecule has 76 valence electrons. The van der Waals surface area contributed by atoms with E-state index >= 15 is 0 Å². The number of nitrogens with zero attached hydrogens (tertiary/aromatic N) is 1. The normalized spacial score (nSPS) is 16.1. The monoisotopic (exact) mass is 193 g/mol. The van der Waals surface area contributed by atoms with Crippen molar-refractivity contribution in [2.45, 2.75) is 26.2 Å². The van der Waals surface area contributed by atoms with Crippen LogP contribution in [0.2, 0.25) is 0 Å². The third-order valence-corrected chi connectivity index (χ3v) is 2.21. The van der Waals surface area contributed by atoms with Gasteiger partial charge >= 0.3 is 0 Å². The van der Waals surface area contributed by atoms with E-state index in [0.29, 0.717) is 18.7 Å². The van der Waals surface area contributed by atoms with Gasteiger partial charge in [-0.3, -0.25) is 9.59 Å². The van der Waals surface area contributed by atoms with Gasteiger partial charge in [-0.25, -0.2) is 0 Å². The Labute approximate surface area is 84.1 Å². The molecule has 1 aliphatic carbocycles. The van der Waals surface area contributed by atoms with E-state index < -0.39 is 0 Å². The highest BCUT2D eigenvalue weighted by molar-refractivity contribution is 5.99. The molecule has 0 bridgehead atoms. The molecule has 0 saturated carbocycles. The summed E-state index contributed by atoms with van der Waals surface area (Å²) in [6, 6.07) is 0. The summed E-state index contributed by atoms with van der Waals surface area (Å²) in [4.78, 5) is 24.3. The van der Waals surface area contributed by atoms with Crippen LogP contribution in [0, 0.1) is 0 Å². The molecule has 0 aromatic heterocycles. The Bertz CT molecular complexity index is 292. The Morgan fingerprint density at radius 2 is 2.43 bits per heavy atom. The van der Waals surface area contributed by atoms with Crippen molar-refractivity contribution in [3.05, 3.63) is 24.4 Å². The maximum Gasteiger partial charge on any atom is 0.224 e. The van der Waals surface area contributed by atoms with Gasteiger partial charge in [-0.2, -0.15) is 0 Å². The van der Waals surface area contributed by atoms with E-state index in [2.05, 4.69) is 6.58 Å². The third-order valence-electron chi connectivity index (χ3n) is 2.21. The van der Waals surface area contributed by atoms with Crippen LogP contribution in [-0.4, -0.2) is 23.1 Å². The number of hydrogen-bond donors (Lipinski definition) is 0. The molecule has 3 heteroatoms. The smallest absolute Gasteiger partial charge is 0.224 e. The topological polar surface area (TPSA) is 37.4 Å². The molecule has 1 aliphatic rings. The van der Waals surface area contributed by atoms with Crippen LogP contribution in [0.5, 0.6) is 0 Å². The second-order valence-corrected chi connectivity index (χ2v) is 3.32. The fourth-order valence-corrected chi connectivity index (χ4v) is 1.53. The number of allylic oxidation sites excluding steroid dienone is 2. The molecular weight excluding hydrogens is 178 g/mol. The van der Waals surface area contributed by atoms with Crippen LogP contribution in [-0.2, 0) is 9.59 Å². The largest absolute Gasteiger partial charge is 0.306 e. The van der Waals surface area contributed by atoms with Gasteiger partial charge in [0.05, 0.1) is 5.70 Å².